The number of ether oxygens (including phenoxy) is 2. The van der Waals surface area contributed by atoms with Crippen molar-refractivity contribution in [3.8, 4) is 55.3 Å². The number of methoxy groups -OCH3 is 2. The molecule has 0 aromatic carbocycles. The minimum atomic E-state index is -0.454. The highest BCUT2D eigenvalue weighted by Crippen LogP contribution is 2.43. The third-order valence-electron chi connectivity index (χ3n) is 5.91. The summed E-state index contributed by atoms with van der Waals surface area (Å²) in [6.45, 7) is 0. The van der Waals surface area contributed by atoms with Crippen molar-refractivity contribution in [2.75, 3.05) is 25.7 Å². The molecular formula is C27H20N6O5S2. The van der Waals surface area contributed by atoms with Crippen LogP contribution in [0.15, 0.2) is 70.2 Å². The molecule has 0 amide bonds. The quantitative estimate of drug-likeness (QED) is 0.216. The summed E-state index contributed by atoms with van der Waals surface area (Å²) < 4.78 is 22.0. The van der Waals surface area contributed by atoms with E-state index >= 15 is 0 Å². The number of carbonyl (C=O) groups excluding carboxylic acids is 1. The number of carbonyl (C=O) groups is 1. The number of aromatic nitrogens is 4. The monoisotopic (exact) mass is 572 g/mol. The first-order chi connectivity index (χ1) is 19.5. The molecule has 0 aliphatic rings. The number of ketones is 1. The predicted molar refractivity (Wildman–Crippen MR) is 151 cm³/mol. The molecule has 0 fully saturated rings. The number of nitrogens with two attached hydrogens (primary N) is 2. The number of nitrogen functional groups attached to an aromatic ring is 2. The topological polar surface area (TPSA) is 165 Å². The number of furan rings is 2. The molecule has 40 heavy (non-hydrogen) atoms. The zero-order valence-corrected chi connectivity index (χ0v) is 22.7. The van der Waals surface area contributed by atoms with E-state index in [2.05, 4.69) is 19.9 Å². The van der Waals surface area contributed by atoms with Crippen LogP contribution in [0.2, 0.25) is 0 Å². The van der Waals surface area contributed by atoms with Gasteiger partial charge < -0.3 is 29.8 Å². The fourth-order valence-corrected chi connectivity index (χ4v) is 5.84. The maximum Gasteiger partial charge on any atom is 0.230 e. The van der Waals surface area contributed by atoms with Gasteiger partial charge in [-0.2, -0.15) is 0 Å². The van der Waals surface area contributed by atoms with E-state index in [-0.39, 0.29) is 11.4 Å². The second-order valence-corrected chi connectivity index (χ2v) is 10.3. The first kappa shape index (κ1) is 25.3. The molecule has 11 nitrogen and oxygen atoms in total. The molecule has 0 aliphatic heterocycles. The van der Waals surface area contributed by atoms with Gasteiger partial charge in [0.1, 0.15) is 34.3 Å². The van der Waals surface area contributed by atoms with Crippen LogP contribution in [0.4, 0.5) is 10.3 Å². The predicted octanol–water partition coefficient (Wildman–Crippen LogP) is 5.66. The molecule has 0 radical (unpaired) electrons. The summed E-state index contributed by atoms with van der Waals surface area (Å²) in [6, 6.07) is 10.4. The van der Waals surface area contributed by atoms with Crippen molar-refractivity contribution in [2.24, 2.45) is 0 Å². The van der Waals surface area contributed by atoms with E-state index in [0.29, 0.717) is 65.6 Å². The van der Waals surface area contributed by atoms with Gasteiger partial charge in [0.05, 0.1) is 48.9 Å². The molecule has 6 rings (SSSR count). The summed E-state index contributed by atoms with van der Waals surface area (Å²) in [5.74, 6) is 1.43. The molecule has 0 saturated carbocycles. The Morgan fingerprint density at radius 3 is 1.60 bits per heavy atom. The van der Waals surface area contributed by atoms with Crippen LogP contribution in [0.1, 0.15) is 16.2 Å². The number of thiazole rings is 2. The van der Waals surface area contributed by atoms with Crippen molar-refractivity contribution < 1.29 is 23.1 Å². The Labute approximate surface area is 235 Å². The fraction of sp³-hybridized carbons (Fsp3) is 0.0741. The largest absolute Gasteiger partial charge is 0.495 e. The van der Waals surface area contributed by atoms with Gasteiger partial charge in [-0.3, -0.25) is 4.79 Å². The highest BCUT2D eigenvalue weighted by Gasteiger charge is 2.28. The van der Waals surface area contributed by atoms with E-state index in [1.54, 1.807) is 36.4 Å². The van der Waals surface area contributed by atoms with Crippen LogP contribution in [0.3, 0.4) is 0 Å². The zero-order valence-electron chi connectivity index (χ0n) is 21.1. The van der Waals surface area contributed by atoms with Gasteiger partial charge in [-0.05, 0) is 36.4 Å². The maximum absolute atomic E-state index is 14.3. The van der Waals surface area contributed by atoms with E-state index in [9.17, 15) is 4.79 Å². The molecule has 0 unspecified atom stereocenters. The van der Waals surface area contributed by atoms with E-state index in [1.807, 2.05) is 0 Å². The third-order valence-corrected chi connectivity index (χ3v) is 7.75. The number of rotatable bonds is 8. The summed E-state index contributed by atoms with van der Waals surface area (Å²) in [4.78, 5) is 33.4. The third kappa shape index (κ3) is 4.46. The van der Waals surface area contributed by atoms with Crippen LogP contribution >= 0.6 is 22.7 Å². The van der Waals surface area contributed by atoms with Crippen molar-refractivity contribution in [3.05, 3.63) is 72.7 Å². The standard InChI is InChI=1S/C27H20N6O5S2/c1-35-13-9-15(24-21(32-26(28)39-24)17-5-3-7-37-17)19(30-11-13)23(34)20-16(10-14(36-2)12-31-20)25-22(33-27(29)40-25)18-6-4-8-38-18/h3-12H,1-2H3,(H2,28,32)(H2,29,33). The molecule has 6 heterocycles. The summed E-state index contributed by atoms with van der Waals surface area (Å²) >= 11 is 2.41. The van der Waals surface area contributed by atoms with Gasteiger partial charge in [-0.15, -0.1) is 0 Å². The number of pyridine rings is 2. The minimum Gasteiger partial charge on any atom is -0.495 e. The maximum atomic E-state index is 14.3. The molecule has 200 valence electrons. The molecule has 0 bridgehead atoms. The van der Waals surface area contributed by atoms with Gasteiger partial charge >= 0.3 is 0 Å². The lowest BCUT2D eigenvalue weighted by Gasteiger charge is -2.12. The number of nitrogens with zero attached hydrogens (tertiary/aromatic N) is 4. The Kier molecular flexibility index (Phi) is 6.50. The Morgan fingerprint density at radius 1 is 0.775 bits per heavy atom. The smallest absolute Gasteiger partial charge is 0.230 e. The Balaban J connectivity index is 1.55. The van der Waals surface area contributed by atoms with Crippen LogP contribution in [0.25, 0.3) is 43.8 Å². The first-order valence-electron chi connectivity index (χ1n) is 11.7. The molecule has 0 spiro atoms. The van der Waals surface area contributed by atoms with Crippen molar-refractivity contribution in [3.63, 3.8) is 0 Å². The molecular weight excluding hydrogens is 552 g/mol. The lowest BCUT2D eigenvalue weighted by Crippen LogP contribution is -2.10. The van der Waals surface area contributed by atoms with Crippen LogP contribution in [0, 0.1) is 0 Å². The molecule has 4 N–H and O–H groups in total. The van der Waals surface area contributed by atoms with E-state index in [1.165, 1.54) is 61.8 Å². The molecule has 13 heteroatoms. The highest BCUT2D eigenvalue weighted by molar-refractivity contribution is 7.19. The molecule has 0 aliphatic carbocycles. The van der Waals surface area contributed by atoms with E-state index in [0.717, 1.165) is 0 Å². The number of hydrogen-bond donors (Lipinski definition) is 2. The average Bonchev–Trinajstić information content (AvgIpc) is 3.79. The highest BCUT2D eigenvalue weighted by atomic mass is 32.1. The molecule has 0 saturated heterocycles. The van der Waals surface area contributed by atoms with Gasteiger partial charge in [0, 0.05) is 11.1 Å². The first-order valence-corrected chi connectivity index (χ1v) is 13.3. The van der Waals surface area contributed by atoms with E-state index in [4.69, 9.17) is 29.8 Å². The molecule has 6 aromatic heterocycles. The van der Waals surface area contributed by atoms with Gasteiger partial charge in [-0.25, -0.2) is 19.9 Å². The van der Waals surface area contributed by atoms with Gasteiger partial charge in [0.2, 0.25) is 5.78 Å². The zero-order chi connectivity index (χ0) is 27.8. The summed E-state index contributed by atoms with van der Waals surface area (Å²) in [5.41, 5.74) is 14.3. The normalized spacial score (nSPS) is 11.1. The Hall–Kier alpha value is -5.01. The van der Waals surface area contributed by atoms with Gasteiger partial charge in [0.15, 0.2) is 21.8 Å². The van der Waals surface area contributed by atoms with Crippen LogP contribution in [-0.4, -0.2) is 39.9 Å². The molecule has 6 aromatic rings. The summed E-state index contributed by atoms with van der Waals surface area (Å²) in [7, 11) is 3.04. The van der Waals surface area contributed by atoms with Crippen molar-refractivity contribution in [1.29, 1.82) is 0 Å². The van der Waals surface area contributed by atoms with E-state index < -0.39 is 5.78 Å². The van der Waals surface area contributed by atoms with Crippen molar-refractivity contribution in [2.45, 2.75) is 0 Å². The summed E-state index contributed by atoms with van der Waals surface area (Å²) in [5, 5.41) is 0.600. The second kappa shape index (κ2) is 10.3. The van der Waals surface area contributed by atoms with Crippen LogP contribution in [0.5, 0.6) is 11.5 Å². The van der Waals surface area contributed by atoms with Gasteiger partial charge in [0.25, 0.3) is 0 Å². The Bertz CT molecular complexity index is 1690. The van der Waals surface area contributed by atoms with Crippen molar-refractivity contribution >= 4 is 38.7 Å². The van der Waals surface area contributed by atoms with Crippen LogP contribution < -0.4 is 20.9 Å². The minimum absolute atomic E-state index is 0.119. The SMILES string of the molecule is COc1cnc(C(=O)c2ncc(OC)cc2-c2sc(N)nc2-c2ccco2)c(-c2sc(N)nc2-c2ccco2)c1. The average molecular weight is 573 g/mol. The van der Waals surface area contributed by atoms with Crippen LogP contribution in [-0.2, 0) is 0 Å². The van der Waals surface area contributed by atoms with Gasteiger partial charge in [-0.1, -0.05) is 22.7 Å². The second-order valence-electron chi connectivity index (χ2n) is 8.29. The van der Waals surface area contributed by atoms with Crippen molar-refractivity contribution in [1.82, 2.24) is 19.9 Å². The number of hydrogen-bond acceptors (Lipinski definition) is 13. The summed E-state index contributed by atoms with van der Waals surface area (Å²) in [6.07, 6.45) is 6.01. The molecule has 0 atom stereocenters. The fourth-order valence-electron chi connectivity index (χ4n) is 4.13. The lowest BCUT2D eigenvalue weighted by atomic mass is 10.00. The number of anilines is 2. The Morgan fingerprint density at radius 2 is 1.23 bits per heavy atom. The lowest BCUT2D eigenvalue weighted by molar-refractivity contribution is 0.103.